The third kappa shape index (κ3) is 6.20. The van der Waals surface area contributed by atoms with Crippen molar-refractivity contribution in [3.63, 3.8) is 0 Å². The van der Waals surface area contributed by atoms with E-state index >= 15 is 0 Å². The Hall–Kier alpha value is -8.20. The van der Waals surface area contributed by atoms with Crippen LogP contribution in [0.3, 0.4) is 0 Å². The van der Waals surface area contributed by atoms with Crippen LogP contribution in [0.4, 0.5) is 17.1 Å². The van der Waals surface area contributed by atoms with E-state index in [1.54, 1.807) is 0 Å². The van der Waals surface area contributed by atoms with Crippen molar-refractivity contribution in [1.29, 1.82) is 0 Å². The molecule has 0 N–H and O–H groups in total. The molecule has 290 valence electrons. The molecule has 0 unspecified atom stereocenters. The van der Waals surface area contributed by atoms with Crippen LogP contribution in [-0.4, -0.2) is 4.57 Å². The van der Waals surface area contributed by atoms with Crippen LogP contribution < -0.4 is 4.90 Å². The Balaban J connectivity index is 0.963. The lowest BCUT2D eigenvalue weighted by molar-refractivity contribution is 1.18. The second kappa shape index (κ2) is 14.8. The van der Waals surface area contributed by atoms with Gasteiger partial charge in [0.1, 0.15) is 0 Å². The Labute approximate surface area is 360 Å². The number of rotatable bonds is 7. The average molecular weight is 789 g/mol. The van der Waals surface area contributed by atoms with Gasteiger partial charge in [0.15, 0.2) is 0 Å². The van der Waals surface area contributed by atoms with Gasteiger partial charge in [0.05, 0.1) is 11.0 Å². The van der Waals surface area contributed by atoms with Gasteiger partial charge in [-0.15, -0.1) is 0 Å². The van der Waals surface area contributed by atoms with Gasteiger partial charge in [-0.25, -0.2) is 0 Å². The Morgan fingerprint density at radius 1 is 0.258 bits per heavy atom. The zero-order valence-corrected chi connectivity index (χ0v) is 34.0. The third-order valence-electron chi connectivity index (χ3n) is 12.5. The van der Waals surface area contributed by atoms with Crippen molar-refractivity contribution in [2.75, 3.05) is 4.90 Å². The van der Waals surface area contributed by atoms with Crippen LogP contribution in [0.15, 0.2) is 243 Å². The lowest BCUT2D eigenvalue weighted by Crippen LogP contribution is -2.10. The Bertz CT molecular complexity index is 3630. The Kier molecular flexibility index (Phi) is 8.53. The molecule has 2 nitrogen and oxygen atoms in total. The quantitative estimate of drug-likeness (QED) is 0.156. The molecule has 62 heavy (non-hydrogen) atoms. The zero-order chi connectivity index (χ0) is 41.0. The van der Waals surface area contributed by atoms with E-state index in [9.17, 15) is 0 Å². The second-order valence-corrected chi connectivity index (χ2v) is 16.2. The molecule has 1 heterocycles. The van der Waals surface area contributed by atoms with E-state index < -0.39 is 0 Å². The molecular weight excluding hydrogens is 749 g/mol. The van der Waals surface area contributed by atoms with Crippen LogP contribution in [0, 0.1) is 0 Å². The number of para-hydroxylation sites is 1. The van der Waals surface area contributed by atoms with Crippen molar-refractivity contribution < 1.29 is 0 Å². The summed E-state index contributed by atoms with van der Waals surface area (Å²) in [6, 6.07) is 88.5. The van der Waals surface area contributed by atoms with Crippen LogP contribution in [0.1, 0.15) is 0 Å². The first kappa shape index (κ1) is 35.7. The summed E-state index contributed by atoms with van der Waals surface area (Å²) in [5.74, 6) is 0. The van der Waals surface area contributed by atoms with Gasteiger partial charge < -0.3 is 9.47 Å². The Morgan fingerprint density at radius 2 is 0.806 bits per heavy atom. The minimum absolute atomic E-state index is 1.09. The highest BCUT2D eigenvalue weighted by Gasteiger charge is 2.17. The predicted octanol–water partition coefficient (Wildman–Crippen LogP) is 16.7. The van der Waals surface area contributed by atoms with Crippen LogP contribution in [0.5, 0.6) is 0 Å². The van der Waals surface area contributed by atoms with E-state index in [1.165, 1.54) is 76.4 Å². The van der Waals surface area contributed by atoms with Gasteiger partial charge in [-0.05, 0) is 138 Å². The maximum atomic E-state index is 2.42. The normalized spacial score (nSPS) is 11.5. The third-order valence-corrected chi connectivity index (χ3v) is 12.5. The van der Waals surface area contributed by atoms with Crippen molar-refractivity contribution >= 4 is 71.2 Å². The molecule has 12 rings (SSSR count). The molecule has 11 aromatic carbocycles. The van der Waals surface area contributed by atoms with Crippen molar-refractivity contribution in [2.45, 2.75) is 0 Å². The van der Waals surface area contributed by atoms with Crippen LogP contribution in [0.25, 0.3) is 93.2 Å². The van der Waals surface area contributed by atoms with E-state index in [2.05, 4.69) is 252 Å². The standard InChI is InChI=1S/C60H40N2/c1-2-14-45-36-50(27-26-41(45)12-1)42-28-32-51(33-29-42)61(52-34-30-44(31-35-52)56-24-11-17-43-13-5-6-22-55(43)56)53-20-9-18-46(37-53)47-19-10-21-54(38-47)62-59-25-8-7-23-57(59)58-39-48-15-3-4-16-49(48)40-60(58)62/h1-40H. The summed E-state index contributed by atoms with van der Waals surface area (Å²) in [5.41, 5.74) is 14.0. The molecule has 12 aromatic rings. The molecule has 2 heteroatoms. The number of benzene rings is 11. The Morgan fingerprint density at radius 3 is 1.58 bits per heavy atom. The van der Waals surface area contributed by atoms with Crippen molar-refractivity contribution in [1.82, 2.24) is 4.57 Å². The molecule has 0 fully saturated rings. The minimum atomic E-state index is 1.09. The van der Waals surface area contributed by atoms with Gasteiger partial charge in [0.2, 0.25) is 0 Å². The molecule has 0 amide bonds. The summed E-state index contributed by atoms with van der Waals surface area (Å²) in [7, 11) is 0. The molecule has 0 aliphatic carbocycles. The maximum absolute atomic E-state index is 2.42. The summed E-state index contributed by atoms with van der Waals surface area (Å²) in [4.78, 5) is 2.38. The molecule has 0 atom stereocenters. The highest BCUT2D eigenvalue weighted by molar-refractivity contribution is 6.13. The van der Waals surface area contributed by atoms with E-state index in [-0.39, 0.29) is 0 Å². The fourth-order valence-corrected chi connectivity index (χ4v) is 9.47. The first-order valence-corrected chi connectivity index (χ1v) is 21.3. The fourth-order valence-electron chi connectivity index (χ4n) is 9.47. The van der Waals surface area contributed by atoms with E-state index in [0.717, 1.165) is 33.9 Å². The molecule has 0 saturated carbocycles. The number of nitrogens with zero attached hydrogens (tertiary/aromatic N) is 2. The van der Waals surface area contributed by atoms with Crippen LogP contribution in [0.2, 0.25) is 0 Å². The fraction of sp³-hybridized carbons (Fsp3) is 0. The number of hydrogen-bond donors (Lipinski definition) is 0. The summed E-state index contributed by atoms with van der Waals surface area (Å²) in [6.07, 6.45) is 0. The van der Waals surface area contributed by atoms with Crippen molar-refractivity contribution in [3.05, 3.63) is 243 Å². The first-order valence-electron chi connectivity index (χ1n) is 21.3. The van der Waals surface area contributed by atoms with E-state index in [1.807, 2.05) is 0 Å². The van der Waals surface area contributed by atoms with Gasteiger partial charge >= 0.3 is 0 Å². The number of anilines is 3. The first-order chi connectivity index (χ1) is 30.7. The number of aromatic nitrogens is 1. The smallest absolute Gasteiger partial charge is 0.0547 e. The molecule has 0 aliphatic rings. The van der Waals surface area contributed by atoms with Gasteiger partial charge in [0, 0.05) is 33.5 Å². The summed E-state index contributed by atoms with van der Waals surface area (Å²) in [5, 5.41) is 10.0. The molecule has 0 saturated heterocycles. The van der Waals surface area contributed by atoms with Crippen LogP contribution >= 0.6 is 0 Å². The van der Waals surface area contributed by atoms with E-state index in [0.29, 0.717) is 0 Å². The highest BCUT2D eigenvalue weighted by Crippen LogP contribution is 2.41. The average Bonchev–Trinajstić information content (AvgIpc) is 3.66. The molecule has 0 spiro atoms. The predicted molar refractivity (Wildman–Crippen MR) is 264 cm³/mol. The topological polar surface area (TPSA) is 8.17 Å². The molecular formula is C60H40N2. The lowest BCUT2D eigenvalue weighted by Gasteiger charge is -2.26. The van der Waals surface area contributed by atoms with Crippen LogP contribution in [-0.2, 0) is 0 Å². The van der Waals surface area contributed by atoms with Gasteiger partial charge in [-0.2, -0.15) is 0 Å². The number of fused-ring (bicyclic) bond motifs is 6. The van der Waals surface area contributed by atoms with Gasteiger partial charge in [-0.3, -0.25) is 0 Å². The highest BCUT2D eigenvalue weighted by atomic mass is 15.1. The van der Waals surface area contributed by atoms with Gasteiger partial charge in [0.25, 0.3) is 0 Å². The summed E-state index contributed by atoms with van der Waals surface area (Å²) >= 11 is 0. The van der Waals surface area contributed by atoms with Gasteiger partial charge in [-0.1, -0.05) is 170 Å². The summed E-state index contributed by atoms with van der Waals surface area (Å²) in [6.45, 7) is 0. The molecule has 0 bridgehead atoms. The number of hydrogen-bond acceptors (Lipinski definition) is 1. The van der Waals surface area contributed by atoms with Crippen molar-refractivity contribution in [3.8, 4) is 39.1 Å². The second-order valence-electron chi connectivity index (χ2n) is 16.2. The lowest BCUT2D eigenvalue weighted by atomic mass is 9.98. The largest absolute Gasteiger partial charge is 0.310 e. The summed E-state index contributed by atoms with van der Waals surface area (Å²) < 4.78 is 2.42. The molecule has 0 aliphatic heterocycles. The maximum Gasteiger partial charge on any atom is 0.0547 e. The monoisotopic (exact) mass is 788 g/mol. The molecule has 0 radical (unpaired) electrons. The van der Waals surface area contributed by atoms with Crippen molar-refractivity contribution in [2.24, 2.45) is 0 Å². The van der Waals surface area contributed by atoms with E-state index in [4.69, 9.17) is 0 Å². The molecule has 1 aromatic heterocycles. The zero-order valence-electron chi connectivity index (χ0n) is 34.0. The minimum Gasteiger partial charge on any atom is -0.310 e. The SMILES string of the molecule is c1cc(-c2cccc(-n3c4ccccc4c4cc5ccccc5cc43)c2)cc(N(c2ccc(-c3ccc4ccccc4c3)cc2)c2ccc(-c3cccc4ccccc34)cc2)c1.